The Morgan fingerprint density at radius 2 is 2.00 bits per heavy atom. The van der Waals surface area contributed by atoms with E-state index >= 15 is 0 Å². The molecule has 3 aromatic rings. The normalized spacial score (nSPS) is 11.2. The van der Waals surface area contributed by atoms with Gasteiger partial charge in [-0.15, -0.1) is 10.2 Å². The van der Waals surface area contributed by atoms with Crippen LogP contribution in [0.25, 0.3) is 0 Å². The molecule has 160 valence electrons. The number of methoxy groups -OCH3 is 2. The van der Waals surface area contributed by atoms with E-state index in [1.54, 1.807) is 61.4 Å². The fourth-order valence-corrected chi connectivity index (χ4v) is 2.67. The molecule has 1 N–H and O–H groups in total. The number of benzene rings is 1. The molecule has 2 aromatic heterocycles. The van der Waals surface area contributed by atoms with Crippen LogP contribution in [-0.2, 0) is 11.8 Å². The summed E-state index contributed by atoms with van der Waals surface area (Å²) in [7, 11) is 4.89. The van der Waals surface area contributed by atoms with Gasteiger partial charge in [0, 0.05) is 43.6 Å². The lowest BCUT2D eigenvalue weighted by atomic mass is 10.1. The van der Waals surface area contributed by atoms with E-state index in [1.165, 1.54) is 7.11 Å². The number of rotatable bonds is 7. The van der Waals surface area contributed by atoms with Crippen LogP contribution in [0.2, 0.25) is 0 Å². The molecule has 0 aliphatic rings. The van der Waals surface area contributed by atoms with Crippen LogP contribution < -0.4 is 14.8 Å². The Labute approximate surface area is 180 Å². The van der Waals surface area contributed by atoms with E-state index in [-0.39, 0.29) is 12.0 Å². The number of aromatic nitrogens is 4. The zero-order valence-electron chi connectivity index (χ0n) is 17.7. The van der Waals surface area contributed by atoms with Crippen molar-refractivity contribution in [2.45, 2.75) is 13.0 Å². The zero-order valence-corrected chi connectivity index (χ0v) is 17.7. The maximum atomic E-state index is 12.8. The molecule has 0 aliphatic carbocycles. The van der Waals surface area contributed by atoms with E-state index in [4.69, 9.17) is 14.2 Å². The molecule has 1 amide bonds. The van der Waals surface area contributed by atoms with Gasteiger partial charge < -0.3 is 19.5 Å². The predicted octanol–water partition coefficient (Wildman–Crippen LogP) is 2.28. The average molecular weight is 421 g/mol. The Bertz CT molecular complexity index is 1100. The van der Waals surface area contributed by atoms with Crippen LogP contribution in [0.15, 0.2) is 42.6 Å². The first-order chi connectivity index (χ1) is 15.0. The lowest BCUT2D eigenvalue weighted by Gasteiger charge is -2.15. The molecular weight excluding hydrogens is 398 g/mol. The Balaban J connectivity index is 1.88. The van der Waals surface area contributed by atoms with Crippen molar-refractivity contribution in [3.05, 3.63) is 59.4 Å². The van der Waals surface area contributed by atoms with Gasteiger partial charge in [0.15, 0.2) is 5.82 Å². The maximum absolute atomic E-state index is 12.8. The summed E-state index contributed by atoms with van der Waals surface area (Å²) in [4.78, 5) is 12.8. The van der Waals surface area contributed by atoms with Crippen LogP contribution in [0.5, 0.6) is 11.6 Å². The van der Waals surface area contributed by atoms with Crippen molar-refractivity contribution in [2.75, 3.05) is 26.1 Å². The van der Waals surface area contributed by atoms with E-state index in [2.05, 4.69) is 32.5 Å². The second kappa shape index (κ2) is 10.2. The summed E-state index contributed by atoms with van der Waals surface area (Å²) in [5, 5.41) is 14.8. The number of hydrogen-bond donors (Lipinski definition) is 1. The first-order valence-corrected chi connectivity index (χ1v) is 9.48. The van der Waals surface area contributed by atoms with Gasteiger partial charge in [-0.3, -0.25) is 9.48 Å². The van der Waals surface area contributed by atoms with Crippen molar-refractivity contribution in [1.29, 1.82) is 0 Å². The van der Waals surface area contributed by atoms with Gasteiger partial charge in [-0.05, 0) is 37.1 Å². The van der Waals surface area contributed by atoms with E-state index in [0.29, 0.717) is 40.9 Å². The topological polar surface area (TPSA) is 100 Å². The highest BCUT2D eigenvalue weighted by Gasteiger charge is 2.12. The minimum absolute atomic E-state index is 0.202. The molecule has 2 heterocycles. The number of nitrogens with zero attached hydrogens (tertiary/aromatic N) is 4. The number of carbonyl (C=O) groups excluding carboxylic acids is 1. The molecule has 0 radical (unpaired) electrons. The van der Waals surface area contributed by atoms with Crippen molar-refractivity contribution in [2.24, 2.45) is 7.05 Å². The third-order valence-electron chi connectivity index (χ3n) is 4.05. The molecule has 0 spiro atoms. The molecule has 9 nitrogen and oxygen atoms in total. The predicted molar refractivity (Wildman–Crippen MR) is 114 cm³/mol. The quantitative estimate of drug-likeness (QED) is 0.584. The number of carbonyl (C=O) groups is 1. The van der Waals surface area contributed by atoms with Crippen LogP contribution in [0.4, 0.5) is 5.82 Å². The zero-order chi connectivity index (χ0) is 22.2. The molecular formula is C22H23N5O4. The van der Waals surface area contributed by atoms with Crippen LogP contribution in [0.3, 0.4) is 0 Å². The van der Waals surface area contributed by atoms with Crippen molar-refractivity contribution in [1.82, 2.24) is 20.0 Å². The van der Waals surface area contributed by atoms with Crippen LogP contribution >= 0.6 is 0 Å². The lowest BCUT2D eigenvalue weighted by Crippen LogP contribution is -2.19. The van der Waals surface area contributed by atoms with Gasteiger partial charge >= 0.3 is 0 Å². The van der Waals surface area contributed by atoms with Crippen LogP contribution in [0, 0.1) is 11.8 Å². The second-order valence-corrected chi connectivity index (χ2v) is 6.67. The monoisotopic (exact) mass is 421 g/mol. The molecule has 0 unspecified atom stereocenters. The first kappa shape index (κ1) is 21.8. The Morgan fingerprint density at radius 1 is 1.16 bits per heavy atom. The third kappa shape index (κ3) is 6.29. The summed E-state index contributed by atoms with van der Waals surface area (Å²) in [5.41, 5.74) is 1.45. The summed E-state index contributed by atoms with van der Waals surface area (Å²) >= 11 is 0. The molecule has 0 saturated carbocycles. The van der Waals surface area contributed by atoms with Crippen molar-refractivity contribution >= 4 is 11.7 Å². The van der Waals surface area contributed by atoms with Gasteiger partial charge in [-0.25, -0.2) is 0 Å². The number of aryl methyl sites for hydroxylation is 1. The van der Waals surface area contributed by atoms with E-state index < -0.39 is 0 Å². The Hall–Kier alpha value is -3.90. The smallest absolute Gasteiger partial charge is 0.257 e. The average Bonchev–Trinajstić information content (AvgIpc) is 3.17. The summed E-state index contributed by atoms with van der Waals surface area (Å²) < 4.78 is 17.6. The van der Waals surface area contributed by atoms with Crippen molar-refractivity contribution in [3.8, 4) is 23.5 Å². The summed E-state index contributed by atoms with van der Waals surface area (Å²) in [6.45, 7) is 2.29. The van der Waals surface area contributed by atoms with Gasteiger partial charge in [0.05, 0.1) is 13.7 Å². The highest BCUT2D eigenvalue weighted by atomic mass is 16.5. The third-order valence-corrected chi connectivity index (χ3v) is 4.05. The van der Waals surface area contributed by atoms with Gasteiger partial charge in [0.1, 0.15) is 17.5 Å². The largest absolute Gasteiger partial charge is 0.488 e. The minimum Gasteiger partial charge on any atom is -0.488 e. The molecule has 0 fully saturated rings. The van der Waals surface area contributed by atoms with Gasteiger partial charge in [0.2, 0.25) is 5.88 Å². The number of ether oxygens (including phenoxy) is 3. The second-order valence-electron chi connectivity index (χ2n) is 6.67. The highest BCUT2D eigenvalue weighted by molar-refractivity contribution is 6.04. The number of nitrogens with one attached hydrogen (secondary N) is 1. The molecule has 1 aromatic carbocycles. The number of amides is 1. The SMILES string of the molecule is COC[C@H](C)Oc1cc(C#Cc2ccc(OC)nn2)cc(C(=O)Nc2ccn(C)n2)c1. The molecule has 3 rings (SSSR count). The molecule has 0 aliphatic heterocycles. The molecule has 9 heteroatoms. The lowest BCUT2D eigenvalue weighted by molar-refractivity contribution is 0.0917. The number of hydrogen-bond acceptors (Lipinski definition) is 7. The fourth-order valence-electron chi connectivity index (χ4n) is 2.67. The van der Waals surface area contributed by atoms with Gasteiger partial charge in [0.25, 0.3) is 5.91 Å². The number of anilines is 1. The first-order valence-electron chi connectivity index (χ1n) is 9.48. The maximum Gasteiger partial charge on any atom is 0.257 e. The van der Waals surface area contributed by atoms with Crippen LogP contribution in [-0.4, -0.2) is 52.8 Å². The van der Waals surface area contributed by atoms with Gasteiger partial charge in [-0.1, -0.05) is 5.92 Å². The minimum atomic E-state index is -0.323. The van der Waals surface area contributed by atoms with E-state index in [9.17, 15) is 4.79 Å². The molecule has 31 heavy (non-hydrogen) atoms. The summed E-state index contributed by atoms with van der Waals surface area (Å²) in [6.07, 6.45) is 1.54. The van der Waals surface area contributed by atoms with Crippen molar-refractivity contribution in [3.63, 3.8) is 0 Å². The summed E-state index contributed by atoms with van der Waals surface area (Å²) in [5.74, 6) is 6.97. The summed E-state index contributed by atoms with van der Waals surface area (Å²) in [6, 6.07) is 10.2. The Kier molecular flexibility index (Phi) is 7.19. The highest BCUT2D eigenvalue weighted by Crippen LogP contribution is 2.20. The molecule has 0 bridgehead atoms. The molecule has 1 atom stereocenters. The van der Waals surface area contributed by atoms with E-state index in [1.807, 2.05) is 6.92 Å². The Morgan fingerprint density at radius 3 is 2.65 bits per heavy atom. The molecule has 0 saturated heterocycles. The van der Waals surface area contributed by atoms with Crippen LogP contribution in [0.1, 0.15) is 28.5 Å². The van der Waals surface area contributed by atoms with Crippen molar-refractivity contribution < 1.29 is 19.0 Å². The van der Waals surface area contributed by atoms with E-state index in [0.717, 1.165) is 0 Å². The van der Waals surface area contributed by atoms with Gasteiger partial charge in [-0.2, -0.15) is 5.10 Å². The standard InChI is InChI=1S/C22H23N5O4/c1-15(14-29-3)31-19-12-16(5-6-18-7-8-21(30-4)25-24-18)11-17(13-19)22(28)23-20-9-10-27(2)26-20/h7-13,15H,14H2,1-4H3,(H,23,26,28)/t15-/m0/s1. The fraction of sp³-hybridized carbons (Fsp3) is 0.273.